The van der Waals surface area contributed by atoms with E-state index in [1.54, 1.807) is 7.05 Å². The van der Waals surface area contributed by atoms with Gasteiger partial charge in [-0.25, -0.2) is 4.39 Å². The second-order valence-electron chi connectivity index (χ2n) is 7.12. The Balaban J connectivity index is 1.42. The van der Waals surface area contributed by atoms with Crippen LogP contribution < -0.4 is 4.74 Å². The predicted octanol–water partition coefficient (Wildman–Crippen LogP) is 3.99. The van der Waals surface area contributed by atoms with Crippen molar-refractivity contribution in [3.63, 3.8) is 0 Å². The van der Waals surface area contributed by atoms with Gasteiger partial charge >= 0.3 is 0 Å². The van der Waals surface area contributed by atoms with Gasteiger partial charge in [-0.3, -0.25) is 4.79 Å². The molecule has 2 aromatic heterocycles. The molecule has 0 bridgehead atoms. The molecule has 2 heterocycles. The molecule has 8 heteroatoms. The molecule has 0 spiro atoms. The summed E-state index contributed by atoms with van der Waals surface area (Å²) < 4.78 is 24.1. The molecule has 0 atom stereocenters. The van der Waals surface area contributed by atoms with Crippen LogP contribution in [-0.2, 0) is 6.42 Å². The Morgan fingerprint density at radius 1 is 1.23 bits per heavy atom. The van der Waals surface area contributed by atoms with Gasteiger partial charge in [-0.15, -0.1) is 0 Å². The normalized spacial score (nSPS) is 11.1. The Bertz CT molecular complexity index is 1210. The predicted molar refractivity (Wildman–Crippen MR) is 110 cm³/mol. The molecule has 4 aromatic rings. The molecule has 1 amide bonds. The maximum atomic E-state index is 13.9. The number of aromatic amines is 1. The monoisotopic (exact) mass is 408 g/mol. The standard InChI is InChI=1S/C22H21FN4O3/c1-13-4-6-17-15(10-13)12-18(24-17)21-25-20(26-30-21)8-9-27(2)22(28)14-5-7-19(29-3)16(23)11-14/h4-7,10-12,24H,8-9H2,1-3H3. The van der Waals surface area contributed by atoms with Crippen molar-refractivity contribution in [2.45, 2.75) is 13.3 Å². The number of aryl methyl sites for hydroxylation is 1. The number of aromatic nitrogens is 3. The van der Waals surface area contributed by atoms with E-state index in [2.05, 4.69) is 21.2 Å². The summed E-state index contributed by atoms with van der Waals surface area (Å²) in [4.78, 5) is 21.7. The van der Waals surface area contributed by atoms with Gasteiger partial charge in [0.1, 0.15) is 5.69 Å². The fraction of sp³-hybridized carbons (Fsp3) is 0.227. The molecule has 0 aliphatic heterocycles. The van der Waals surface area contributed by atoms with Gasteiger partial charge in [0.25, 0.3) is 11.8 Å². The van der Waals surface area contributed by atoms with Gasteiger partial charge in [-0.2, -0.15) is 4.98 Å². The minimum atomic E-state index is -0.576. The number of ether oxygens (including phenoxy) is 1. The van der Waals surface area contributed by atoms with Crippen molar-refractivity contribution in [2.75, 3.05) is 20.7 Å². The summed E-state index contributed by atoms with van der Waals surface area (Å²) in [6.07, 6.45) is 0.406. The molecule has 0 saturated heterocycles. The molecule has 0 unspecified atom stereocenters. The fourth-order valence-corrected chi connectivity index (χ4v) is 3.22. The third-order valence-electron chi connectivity index (χ3n) is 4.89. The number of hydrogen-bond acceptors (Lipinski definition) is 5. The Labute approximate surface area is 172 Å². The van der Waals surface area contributed by atoms with Crippen molar-refractivity contribution >= 4 is 16.8 Å². The lowest BCUT2D eigenvalue weighted by Crippen LogP contribution is -2.29. The van der Waals surface area contributed by atoms with Crippen molar-refractivity contribution in [3.05, 3.63) is 65.2 Å². The number of amides is 1. The van der Waals surface area contributed by atoms with Crippen LogP contribution in [0.1, 0.15) is 21.7 Å². The largest absolute Gasteiger partial charge is 0.494 e. The van der Waals surface area contributed by atoms with Crippen LogP contribution in [0.25, 0.3) is 22.5 Å². The molecular formula is C22H21FN4O3. The first-order valence-electron chi connectivity index (χ1n) is 9.46. The molecule has 0 aliphatic carbocycles. The van der Waals surface area contributed by atoms with Gasteiger partial charge < -0.3 is 19.1 Å². The minimum Gasteiger partial charge on any atom is -0.494 e. The summed E-state index contributed by atoms with van der Waals surface area (Å²) in [5.74, 6) is 0.102. The average Bonchev–Trinajstić information content (AvgIpc) is 3.37. The molecule has 0 radical (unpaired) electrons. The zero-order valence-electron chi connectivity index (χ0n) is 16.9. The van der Waals surface area contributed by atoms with Gasteiger partial charge in [0.15, 0.2) is 17.4 Å². The quantitative estimate of drug-likeness (QED) is 0.522. The first-order valence-corrected chi connectivity index (χ1v) is 9.46. The first-order chi connectivity index (χ1) is 14.4. The van der Waals surface area contributed by atoms with Crippen LogP contribution in [0.3, 0.4) is 0 Å². The number of methoxy groups -OCH3 is 1. The molecule has 30 heavy (non-hydrogen) atoms. The number of hydrogen-bond donors (Lipinski definition) is 1. The van der Waals surface area contributed by atoms with E-state index in [1.165, 1.54) is 35.8 Å². The molecule has 4 rings (SSSR count). The Morgan fingerprint density at radius 2 is 2.07 bits per heavy atom. The van der Waals surface area contributed by atoms with Gasteiger partial charge in [0, 0.05) is 36.5 Å². The summed E-state index contributed by atoms with van der Waals surface area (Å²) in [5, 5.41) is 5.07. The highest BCUT2D eigenvalue weighted by Crippen LogP contribution is 2.24. The summed E-state index contributed by atoms with van der Waals surface area (Å²) in [6, 6.07) is 12.2. The van der Waals surface area contributed by atoms with Gasteiger partial charge in [-0.05, 0) is 43.3 Å². The van der Waals surface area contributed by atoms with E-state index in [-0.39, 0.29) is 17.2 Å². The Hall–Kier alpha value is -3.68. The third kappa shape index (κ3) is 3.89. The minimum absolute atomic E-state index is 0.0978. The smallest absolute Gasteiger partial charge is 0.274 e. The van der Waals surface area contributed by atoms with E-state index in [0.29, 0.717) is 24.7 Å². The number of likely N-dealkylation sites (N-methyl/N-ethyl adjacent to an activating group) is 1. The molecule has 154 valence electrons. The topological polar surface area (TPSA) is 84.2 Å². The van der Waals surface area contributed by atoms with Crippen LogP contribution in [0.15, 0.2) is 47.0 Å². The fourth-order valence-electron chi connectivity index (χ4n) is 3.22. The lowest BCUT2D eigenvalue weighted by molar-refractivity contribution is 0.0795. The Morgan fingerprint density at radius 3 is 2.83 bits per heavy atom. The van der Waals surface area contributed by atoms with Crippen LogP contribution >= 0.6 is 0 Å². The number of H-pyrrole nitrogens is 1. The highest BCUT2D eigenvalue weighted by atomic mass is 19.1. The zero-order valence-corrected chi connectivity index (χ0v) is 16.9. The molecular weight excluding hydrogens is 387 g/mol. The first kappa shape index (κ1) is 19.6. The Kier molecular flexibility index (Phi) is 5.22. The highest BCUT2D eigenvalue weighted by Gasteiger charge is 2.16. The number of carbonyl (C=O) groups is 1. The maximum Gasteiger partial charge on any atom is 0.274 e. The lowest BCUT2D eigenvalue weighted by atomic mass is 10.2. The highest BCUT2D eigenvalue weighted by molar-refractivity contribution is 5.94. The molecule has 1 N–H and O–H groups in total. The van der Waals surface area contributed by atoms with Gasteiger partial charge in [-0.1, -0.05) is 16.8 Å². The van der Waals surface area contributed by atoms with Gasteiger partial charge in [0.2, 0.25) is 0 Å². The third-order valence-corrected chi connectivity index (χ3v) is 4.89. The summed E-state index contributed by atoms with van der Waals surface area (Å²) in [5.41, 5.74) is 3.15. The number of nitrogens with one attached hydrogen (secondary N) is 1. The van der Waals surface area contributed by atoms with Crippen molar-refractivity contribution in [1.82, 2.24) is 20.0 Å². The van der Waals surface area contributed by atoms with E-state index < -0.39 is 5.82 Å². The van der Waals surface area contributed by atoms with E-state index >= 15 is 0 Å². The van der Waals surface area contributed by atoms with Gasteiger partial charge in [0.05, 0.1) is 7.11 Å². The average molecular weight is 408 g/mol. The number of halogens is 1. The van der Waals surface area contributed by atoms with Crippen molar-refractivity contribution < 1.29 is 18.4 Å². The second kappa shape index (κ2) is 7.98. The van der Waals surface area contributed by atoms with Crippen LogP contribution in [0.2, 0.25) is 0 Å². The van der Waals surface area contributed by atoms with Crippen LogP contribution in [-0.4, -0.2) is 46.6 Å². The number of benzene rings is 2. The van der Waals surface area contributed by atoms with Crippen molar-refractivity contribution in [3.8, 4) is 17.3 Å². The van der Waals surface area contributed by atoms with Crippen LogP contribution in [0, 0.1) is 12.7 Å². The summed E-state index contributed by atoms with van der Waals surface area (Å²) >= 11 is 0. The van der Waals surface area contributed by atoms with E-state index in [9.17, 15) is 9.18 Å². The maximum absolute atomic E-state index is 13.9. The number of rotatable bonds is 6. The van der Waals surface area contributed by atoms with E-state index in [4.69, 9.17) is 9.26 Å². The van der Waals surface area contributed by atoms with Crippen molar-refractivity contribution in [2.24, 2.45) is 0 Å². The van der Waals surface area contributed by atoms with Crippen LogP contribution in [0.4, 0.5) is 4.39 Å². The van der Waals surface area contributed by atoms with E-state index in [0.717, 1.165) is 16.6 Å². The summed E-state index contributed by atoms with van der Waals surface area (Å²) in [7, 11) is 3.02. The molecule has 0 aliphatic rings. The number of carbonyl (C=O) groups excluding carboxylic acids is 1. The summed E-state index contributed by atoms with van der Waals surface area (Å²) in [6.45, 7) is 2.40. The number of fused-ring (bicyclic) bond motifs is 1. The molecule has 2 aromatic carbocycles. The zero-order chi connectivity index (χ0) is 21.3. The van der Waals surface area contributed by atoms with Crippen molar-refractivity contribution in [1.29, 1.82) is 0 Å². The van der Waals surface area contributed by atoms with E-state index in [1.807, 2.05) is 25.1 Å². The molecule has 0 saturated carbocycles. The lowest BCUT2D eigenvalue weighted by Gasteiger charge is -2.16. The SMILES string of the molecule is COc1ccc(C(=O)N(C)CCc2noc(-c3cc4cc(C)ccc4[nH]3)n2)cc1F. The number of nitrogens with zero attached hydrogens (tertiary/aromatic N) is 3. The molecule has 0 fully saturated rings. The van der Waals surface area contributed by atoms with Crippen LogP contribution in [0.5, 0.6) is 5.75 Å². The second-order valence-corrected chi connectivity index (χ2v) is 7.12. The molecule has 7 nitrogen and oxygen atoms in total.